The lowest BCUT2D eigenvalue weighted by Gasteiger charge is -2.07. The van der Waals surface area contributed by atoms with E-state index in [0.29, 0.717) is 25.5 Å². The molecule has 68 valence electrons. The molecule has 0 rings (SSSR count). The molecule has 0 heterocycles. The Labute approximate surface area is 73.5 Å². The SMILES string of the molecule is C#CCCNC(=O)OCC(C)C. The summed E-state index contributed by atoms with van der Waals surface area (Å²) < 4.78 is 4.83. The first-order valence-electron chi connectivity index (χ1n) is 4.01. The van der Waals surface area contributed by atoms with Crippen LogP contribution in [0.5, 0.6) is 0 Å². The van der Waals surface area contributed by atoms with Crippen LogP contribution in [-0.2, 0) is 4.74 Å². The average Bonchev–Trinajstić information content (AvgIpc) is 2.01. The van der Waals surface area contributed by atoms with E-state index in [1.165, 1.54) is 0 Å². The summed E-state index contributed by atoms with van der Waals surface area (Å²) in [6.45, 7) is 4.89. The summed E-state index contributed by atoms with van der Waals surface area (Å²) >= 11 is 0. The molecular formula is C9H15NO2. The predicted molar refractivity (Wildman–Crippen MR) is 47.6 cm³/mol. The van der Waals surface area contributed by atoms with Gasteiger partial charge in [-0.3, -0.25) is 0 Å². The Kier molecular flexibility index (Phi) is 5.90. The summed E-state index contributed by atoms with van der Waals surface area (Å²) in [5, 5.41) is 2.54. The van der Waals surface area contributed by atoms with Crippen LogP contribution in [0.1, 0.15) is 20.3 Å². The van der Waals surface area contributed by atoms with Gasteiger partial charge in [0.25, 0.3) is 0 Å². The minimum absolute atomic E-state index is 0.364. The van der Waals surface area contributed by atoms with Crippen molar-refractivity contribution in [1.29, 1.82) is 0 Å². The van der Waals surface area contributed by atoms with Crippen molar-refractivity contribution < 1.29 is 9.53 Å². The number of alkyl carbamates (subject to hydrolysis) is 1. The molecule has 0 radical (unpaired) electrons. The molecule has 0 saturated heterocycles. The first-order valence-corrected chi connectivity index (χ1v) is 4.01. The molecule has 12 heavy (non-hydrogen) atoms. The van der Waals surface area contributed by atoms with Crippen LogP contribution in [0.4, 0.5) is 4.79 Å². The second-order valence-electron chi connectivity index (χ2n) is 2.87. The van der Waals surface area contributed by atoms with Gasteiger partial charge < -0.3 is 10.1 Å². The van der Waals surface area contributed by atoms with Crippen LogP contribution in [0, 0.1) is 18.3 Å². The van der Waals surface area contributed by atoms with E-state index in [2.05, 4.69) is 11.2 Å². The Morgan fingerprint density at radius 3 is 2.83 bits per heavy atom. The fraction of sp³-hybridized carbons (Fsp3) is 0.667. The van der Waals surface area contributed by atoms with E-state index in [0.717, 1.165) is 0 Å². The Morgan fingerprint density at radius 2 is 2.33 bits per heavy atom. The van der Waals surface area contributed by atoms with Gasteiger partial charge in [0.15, 0.2) is 0 Å². The molecule has 0 aliphatic rings. The molecule has 3 nitrogen and oxygen atoms in total. The highest BCUT2D eigenvalue weighted by Gasteiger charge is 2.01. The standard InChI is InChI=1S/C9H15NO2/c1-4-5-6-10-9(11)12-7-8(2)3/h1,8H,5-7H2,2-3H3,(H,10,11). The number of carbonyl (C=O) groups is 1. The molecule has 1 N–H and O–H groups in total. The van der Waals surface area contributed by atoms with Gasteiger partial charge in [-0.15, -0.1) is 12.3 Å². The van der Waals surface area contributed by atoms with Gasteiger partial charge in [0.05, 0.1) is 6.61 Å². The maximum atomic E-state index is 10.8. The molecule has 0 spiro atoms. The van der Waals surface area contributed by atoms with Crippen molar-refractivity contribution in [3.8, 4) is 12.3 Å². The fourth-order valence-corrected chi connectivity index (χ4v) is 0.530. The summed E-state index contributed by atoms with van der Waals surface area (Å²) in [7, 11) is 0. The van der Waals surface area contributed by atoms with Gasteiger partial charge in [-0.25, -0.2) is 4.79 Å². The second-order valence-corrected chi connectivity index (χ2v) is 2.87. The van der Waals surface area contributed by atoms with Gasteiger partial charge in [-0.2, -0.15) is 0 Å². The number of nitrogens with one attached hydrogen (secondary N) is 1. The molecule has 0 fully saturated rings. The normalized spacial score (nSPS) is 9.17. The highest BCUT2D eigenvalue weighted by Crippen LogP contribution is 1.92. The monoisotopic (exact) mass is 169 g/mol. The van der Waals surface area contributed by atoms with Crippen molar-refractivity contribution in [2.75, 3.05) is 13.2 Å². The molecule has 0 aromatic carbocycles. The summed E-state index contributed by atoms with van der Waals surface area (Å²) in [6, 6.07) is 0. The number of hydrogen-bond donors (Lipinski definition) is 1. The van der Waals surface area contributed by atoms with Gasteiger partial charge in [0.2, 0.25) is 0 Å². The molecular weight excluding hydrogens is 154 g/mol. The Hall–Kier alpha value is -1.17. The smallest absolute Gasteiger partial charge is 0.407 e. The lowest BCUT2D eigenvalue weighted by atomic mass is 10.2. The lowest BCUT2D eigenvalue weighted by molar-refractivity contribution is 0.133. The molecule has 0 atom stereocenters. The maximum absolute atomic E-state index is 10.8. The van der Waals surface area contributed by atoms with Crippen molar-refractivity contribution in [3.05, 3.63) is 0 Å². The van der Waals surface area contributed by atoms with Gasteiger partial charge in [-0.05, 0) is 5.92 Å². The zero-order valence-electron chi connectivity index (χ0n) is 7.59. The summed E-state index contributed by atoms with van der Waals surface area (Å²) in [5.41, 5.74) is 0. The first kappa shape index (κ1) is 10.8. The van der Waals surface area contributed by atoms with Gasteiger partial charge >= 0.3 is 6.09 Å². The number of ether oxygens (including phenoxy) is 1. The number of rotatable bonds is 4. The van der Waals surface area contributed by atoms with Crippen molar-refractivity contribution in [3.63, 3.8) is 0 Å². The topological polar surface area (TPSA) is 38.3 Å². The van der Waals surface area contributed by atoms with Crippen LogP contribution in [-0.4, -0.2) is 19.2 Å². The Bertz CT molecular complexity index is 170. The quantitative estimate of drug-likeness (QED) is 0.510. The van der Waals surface area contributed by atoms with E-state index in [4.69, 9.17) is 11.2 Å². The third kappa shape index (κ3) is 6.94. The van der Waals surface area contributed by atoms with Gasteiger partial charge in [0.1, 0.15) is 0 Å². The molecule has 1 amide bonds. The minimum Gasteiger partial charge on any atom is -0.449 e. The molecule has 0 aliphatic carbocycles. The molecule has 0 unspecified atom stereocenters. The highest BCUT2D eigenvalue weighted by molar-refractivity contribution is 5.67. The van der Waals surface area contributed by atoms with Crippen LogP contribution in [0.3, 0.4) is 0 Å². The fourth-order valence-electron chi connectivity index (χ4n) is 0.530. The highest BCUT2D eigenvalue weighted by atomic mass is 16.5. The molecule has 0 aliphatic heterocycles. The van der Waals surface area contributed by atoms with E-state index >= 15 is 0 Å². The van der Waals surface area contributed by atoms with Gasteiger partial charge in [-0.1, -0.05) is 13.8 Å². The average molecular weight is 169 g/mol. The summed E-state index contributed by atoms with van der Waals surface area (Å²) in [4.78, 5) is 10.8. The molecule has 0 saturated carbocycles. The minimum atomic E-state index is -0.390. The van der Waals surface area contributed by atoms with Crippen LogP contribution < -0.4 is 5.32 Å². The lowest BCUT2D eigenvalue weighted by Crippen LogP contribution is -2.26. The summed E-state index contributed by atoms with van der Waals surface area (Å²) in [6.07, 6.45) is 5.14. The van der Waals surface area contributed by atoms with E-state index < -0.39 is 0 Å². The summed E-state index contributed by atoms with van der Waals surface area (Å²) in [5.74, 6) is 2.78. The second kappa shape index (κ2) is 6.53. The van der Waals surface area contributed by atoms with E-state index in [-0.39, 0.29) is 6.09 Å². The van der Waals surface area contributed by atoms with Gasteiger partial charge in [0, 0.05) is 13.0 Å². The van der Waals surface area contributed by atoms with Crippen molar-refractivity contribution >= 4 is 6.09 Å². The third-order valence-corrected chi connectivity index (χ3v) is 1.09. The molecule has 3 heteroatoms. The van der Waals surface area contributed by atoms with E-state index in [9.17, 15) is 4.79 Å². The maximum Gasteiger partial charge on any atom is 0.407 e. The van der Waals surface area contributed by atoms with E-state index in [1.807, 2.05) is 13.8 Å². The number of amides is 1. The molecule has 0 aromatic heterocycles. The van der Waals surface area contributed by atoms with Crippen molar-refractivity contribution in [2.45, 2.75) is 20.3 Å². The van der Waals surface area contributed by atoms with Crippen LogP contribution in [0.25, 0.3) is 0 Å². The Morgan fingerprint density at radius 1 is 1.67 bits per heavy atom. The largest absolute Gasteiger partial charge is 0.449 e. The van der Waals surface area contributed by atoms with Crippen LogP contribution >= 0.6 is 0 Å². The molecule has 0 bridgehead atoms. The molecule has 0 aromatic rings. The zero-order valence-corrected chi connectivity index (χ0v) is 7.59. The number of terminal acetylenes is 1. The zero-order chi connectivity index (χ0) is 9.40. The van der Waals surface area contributed by atoms with Crippen LogP contribution in [0.2, 0.25) is 0 Å². The van der Waals surface area contributed by atoms with Crippen molar-refractivity contribution in [1.82, 2.24) is 5.32 Å². The number of hydrogen-bond acceptors (Lipinski definition) is 2. The van der Waals surface area contributed by atoms with Crippen LogP contribution in [0.15, 0.2) is 0 Å². The van der Waals surface area contributed by atoms with Crippen molar-refractivity contribution in [2.24, 2.45) is 5.92 Å². The first-order chi connectivity index (χ1) is 5.66. The Balaban J connectivity index is 3.29. The third-order valence-electron chi connectivity index (χ3n) is 1.09. The predicted octanol–water partition coefficient (Wildman–Crippen LogP) is 1.39. The van der Waals surface area contributed by atoms with E-state index in [1.54, 1.807) is 0 Å². The number of carbonyl (C=O) groups excluding carboxylic acids is 1.